The smallest absolute Gasteiger partial charge is 0.0961 e. The van der Waals surface area contributed by atoms with Crippen molar-refractivity contribution >= 4 is 11.3 Å². The Kier molecular flexibility index (Phi) is 4.99. The second-order valence-electron chi connectivity index (χ2n) is 5.14. The number of aryl methyl sites for hydroxylation is 1. The Bertz CT molecular complexity index is 338. The molecule has 96 valence electrons. The van der Waals surface area contributed by atoms with Gasteiger partial charge in [-0.3, -0.25) is 0 Å². The molecule has 0 spiro atoms. The van der Waals surface area contributed by atoms with E-state index in [-0.39, 0.29) is 0 Å². The van der Waals surface area contributed by atoms with Gasteiger partial charge in [0.1, 0.15) is 0 Å². The molecular weight excluding hydrogens is 228 g/mol. The Morgan fingerprint density at radius 3 is 2.47 bits per heavy atom. The fourth-order valence-electron chi connectivity index (χ4n) is 2.69. The number of aromatic nitrogens is 1. The zero-order chi connectivity index (χ0) is 12.1. The molecule has 2 rings (SSSR count). The van der Waals surface area contributed by atoms with Gasteiger partial charge >= 0.3 is 0 Å². The first-order chi connectivity index (χ1) is 8.31. The summed E-state index contributed by atoms with van der Waals surface area (Å²) in [5, 5.41) is 1.38. The van der Waals surface area contributed by atoms with Gasteiger partial charge in [-0.15, -0.1) is 11.3 Å². The zero-order valence-corrected chi connectivity index (χ0v) is 11.7. The fraction of sp³-hybridized carbons (Fsp3) is 0.786. The van der Waals surface area contributed by atoms with E-state index in [1.54, 1.807) is 0 Å². The summed E-state index contributed by atoms with van der Waals surface area (Å²) in [6.07, 6.45) is 10.7. The van der Waals surface area contributed by atoms with Crippen LogP contribution in [0, 0.1) is 6.92 Å². The lowest BCUT2D eigenvalue weighted by atomic mass is 9.92. The van der Waals surface area contributed by atoms with Gasteiger partial charge in [0.05, 0.1) is 10.7 Å². The summed E-state index contributed by atoms with van der Waals surface area (Å²) < 4.78 is 0. The van der Waals surface area contributed by atoms with Crippen molar-refractivity contribution in [2.24, 2.45) is 5.73 Å². The van der Waals surface area contributed by atoms with Crippen LogP contribution >= 0.6 is 11.3 Å². The van der Waals surface area contributed by atoms with Crippen molar-refractivity contribution in [3.8, 4) is 0 Å². The molecule has 1 heterocycles. The molecule has 1 aromatic heterocycles. The van der Waals surface area contributed by atoms with Crippen LogP contribution in [0.25, 0.3) is 0 Å². The maximum atomic E-state index is 5.64. The van der Waals surface area contributed by atoms with Gasteiger partial charge in [0.15, 0.2) is 0 Å². The molecule has 0 unspecified atom stereocenters. The maximum absolute atomic E-state index is 5.64. The first kappa shape index (κ1) is 13.0. The minimum atomic E-state index is 0.727. The molecule has 0 bridgehead atoms. The highest BCUT2D eigenvalue weighted by Gasteiger charge is 2.18. The number of nitrogens with two attached hydrogens (primary N) is 1. The average Bonchev–Trinajstić information content (AvgIpc) is 2.60. The highest BCUT2D eigenvalue weighted by atomic mass is 32.1. The molecule has 1 aliphatic rings. The van der Waals surface area contributed by atoms with Gasteiger partial charge in [0.2, 0.25) is 0 Å². The molecule has 0 aromatic carbocycles. The van der Waals surface area contributed by atoms with E-state index in [2.05, 4.69) is 6.92 Å². The SMILES string of the molecule is Cc1nc(C2CCCCCCC2)sc1CCN. The van der Waals surface area contributed by atoms with E-state index in [4.69, 9.17) is 10.7 Å². The Labute approximate surface area is 109 Å². The lowest BCUT2D eigenvalue weighted by Crippen LogP contribution is -2.01. The molecule has 3 heteroatoms. The molecule has 0 atom stereocenters. The molecule has 1 saturated carbocycles. The molecule has 1 aromatic rings. The van der Waals surface area contributed by atoms with Gasteiger partial charge in [-0.25, -0.2) is 4.98 Å². The number of hydrogen-bond acceptors (Lipinski definition) is 3. The second-order valence-corrected chi connectivity index (χ2v) is 6.26. The molecule has 0 aliphatic heterocycles. The second kappa shape index (κ2) is 6.50. The predicted octanol–water partition coefficient (Wildman–Crippen LogP) is 3.78. The Balaban J connectivity index is 2.06. The molecule has 17 heavy (non-hydrogen) atoms. The maximum Gasteiger partial charge on any atom is 0.0961 e. The number of rotatable bonds is 3. The van der Waals surface area contributed by atoms with Crippen molar-refractivity contribution < 1.29 is 0 Å². The molecular formula is C14H24N2S. The summed E-state index contributed by atoms with van der Waals surface area (Å²) >= 11 is 1.92. The summed E-state index contributed by atoms with van der Waals surface area (Å²) in [6, 6.07) is 0. The number of hydrogen-bond donors (Lipinski definition) is 1. The first-order valence-electron chi connectivity index (χ1n) is 6.97. The van der Waals surface area contributed by atoms with Crippen molar-refractivity contribution in [1.82, 2.24) is 4.98 Å². The third-order valence-electron chi connectivity index (χ3n) is 3.74. The molecule has 0 radical (unpaired) electrons. The van der Waals surface area contributed by atoms with Gasteiger partial charge in [-0.05, 0) is 32.7 Å². The van der Waals surface area contributed by atoms with Crippen LogP contribution in [0.15, 0.2) is 0 Å². The summed E-state index contributed by atoms with van der Waals surface area (Å²) in [6.45, 7) is 2.88. The summed E-state index contributed by atoms with van der Waals surface area (Å²) in [4.78, 5) is 6.20. The van der Waals surface area contributed by atoms with Gasteiger partial charge in [0.25, 0.3) is 0 Å². The molecule has 2 nitrogen and oxygen atoms in total. The quantitative estimate of drug-likeness (QED) is 0.889. The fourth-order valence-corrected chi connectivity index (χ4v) is 3.94. The molecule has 1 fully saturated rings. The van der Waals surface area contributed by atoms with Crippen LogP contribution in [0.5, 0.6) is 0 Å². The summed E-state index contributed by atoms with van der Waals surface area (Å²) in [5.74, 6) is 0.727. The van der Waals surface area contributed by atoms with Gasteiger partial charge in [0, 0.05) is 10.8 Å². The summed E-state index contributed by atoms with van der Waals surface area (Å²) in [5.41, 5.74) is 6.86. The normalized spacial score (nSPS) is 18.9. The van der Waals surface area contributed by atoms with Gasteiger partial charge in [-0.1, -0.05) is 32.1 Å². The number of nitrogens with zero attached hydrogens (tertiary/aromatic N) is 1. The van der Waals surface area contributed by atoms with Crippen LogP contribution in [0.4, 0.5) is 0 Å². The van der Waals surface area contributed by atoms with Crippen LogP contribution in [0.3, 0.4) is 0 Å². The molecule has 2 N–H and O–H groups in total. The van der Waals surface area contributed by atoms with E-state index in [1.807, 2.05) is 11.3 Å². The summed E-state index contributed by atoms with van der Waals surface area (Å²) in [7, 11) is 0. The predicted molar refractivity (Wildman–Crippen MR) is 74.7 cm³/mol. The number of thiazole rings is 1. The Morgan fingerprint density at radius 1 is 1.18 bits per heavy atom. The Hall–Kier alpha value is -0.410. The molecule has 1 aliphatic carbocycles. The van der Waals surface area contributed by atoms with Crippen LogP contribution in [-0.4, -0.2) is 11.5 Å². The lowest BCUT2D eigenvalue weighted by molar-refractivity contribution is 0.454. The van der Waals surface area contributed by atoms with Gasteiger partial charge < -0.3 is 5.73 Å². The van der Waals surface area contributed by atoms with E-state index in [0.717, 1.165) is 18.9 Å². The third-order valence-corrected chi connectivity index (χ3v) is 5.11. The Morgan fingerprint density at radius 2 is 1.82 bits per heavy atom. The van der Waals surface area contributed by atoms with Crippen molar-refractivity contribution in [2.75, 3.05) is 6.54 Å². The topological polar surface area (TPSA) is 38.9 Å². The van der Waals surface area contributed by atoms with Gasteiger partial charge in [-0.2, -0.15) is 0 Å². The zero-order valence-electron chi connectivity index (χ0n) is 10.9. The molecule has 0 saturated heterocycles. The van der Waals surface area contributed by atoms with Crippen LogP contribution < -0.4 is 5.73 Å². The van der Waals surface area contributed by atoms with Crippen LogP contribution in [-0.2, 0) is 6.42 Å². The van der Waals surface area contributed by atoms with E-state index in [0.29, 0.717) is 0 Å². The molecule has 0 amide bonds. The highest BCUT2D eigenvalue weighted by Crippen LogP contribution is 2.34. The van der Waals surface area contributed by atoms with E-state index in [9.17, 15) is 0 Å². The average molecular weight is 252 g/mol. The van der Waals surface area contributed by atoms with Crippen molar-refractivity contribution in [2.45, 2.75) is 64.2 Å². The van der Waals surface area contributed by atoms with Crippen molar-refractivity contribution in [3.05, 3.63) is 15.6 Å². The van der Waals surface area contributed by atoms with Crippen LogP contribution in [0.1, 0.15) is 66.4 Å². The van der Waals surface area contributed by atoms with E-state index in [1.165, 1.54) is 60.5 Å². The minimum absolute atomic E-state index is 0.727. The minimum Gasteiger partial charge on any atom is -0.330 e. The largest absolute Gasteiger partial charge is 0.330 e. The third kappa shape index (κ3) is 3.52. The standard InChI is InChI=1S/C14H24N2S/c1-11-13(9-10-15)17-14(16-11)12-7-5-3-2-4-6-8-12/h12H,2-10,15H2,1H3. The van der Waals surface area contributed by atoms with Crippen molar-refractivity contribution in [1.29, 1.82) is 0 Å². The van der Waals surface area contributed by atoms with Crippen molar-refractivity contribution in [3.63, 3.8) is 0 Å². The van der Waals surface area contributed by atoms with E-state index < -0.39 is 0 Å². The monoisotopic (exact) mass is 252 g/mol. The first-order valence-corrected chi connectivity index (χ1v) is 7.79. The highest BCUT2D eigenvalue weighted by molar-refractivity contribution is 7.11. The van der Waals surface area contributed by atoms with E-state index >= 15 is 0 Å². The van der Waals surface area contributed by atoms with Crippen LogP contribution in [0.2, 0.25) is 0 Å². The lowest BCUT2D eigenvalue weighted by Gasteiger charge is -2.17.